The van der Waals surface area contributed by atoms with Gasteiger partial charge in [0, 0.05) is 8.07 Å². The maximum atomic E-state index is 12.6. The van der Waals surface area contributed by atoms with Crippen molar-refractivity contribution in [2.45, 2.75) is 157 Å². The van der Waals surface area contributed by atoms with Crippen LogP contribution in [0.25, 0.3) is 0 Å². The molecule has 5 unspecified atom stereocenters. The number of oxime groups is 1. The van der Waals surface area contributed by atoms with Crippen LogP contribution >= 0.6 is 0 Å². The first-order valence-corrected chi connectivity index (χ1v) is 28.8. The van der Waals surface area contributed by atoms with E-state index >= 15 is 0 Å². The summed E-state index contributed by atoms with van der Waals surface area (Å²) in [5.41, 5.74) is 3.69. The summed E-state index contributed by atoms with van der Waals surface area (Å²) >= 11 is 0. The molecule has 3 fully saturated rings. The fourth-order valence-corrected chi connectivity index (χ4v) is 13.6. The third-order valence-electron chi connectivity index (χ3n) is 12.3. The molecule has 3 saturated carbocycles. The van der Waals surface area contributed by atoms with Crippen molar-refractivity contribution >= 4 is 36.4 Å². The van der Waals surface area contributed by atoms with E-state index in [0.717, 1.165) is 54.8 Å². The van der Waals surface area contributed by atoms with Gasteiger partial charge in [0.1, 0.15) is 0 Å². The first kappa shape index (κ1) is 36.2. The zero-order chi connectivity index (χ0) is 32.9. The Balaban J connectivity index is 1.51. The van der Waals surface area contributed by atoms with E-state index in [1.165, 1.54) is 56.7 Å². The summed E-state index contributed by atoms with van der Waals surface area (Å²) < 4.78 is 11.8. The summed E-state index contributed by atoms with van der Waals surface area (Å²) in [6.45, 7) is 30.8. The van der Waals surface area contributed by atoms with Gasteiger partial charge in [0.05, 0.1) is 11.6 Å². The molecule has 0 saturated heterocycles. The topological polar surface area (TPSA) is 47.9 Å². The lowest BCUT2D eigenvalue weighted by Crippen LogP contribution is -2.54. The lowest BCUT2D eigenvalue weighted by Gasteiger charge is -2.61. The molecule has 252 valence electrons. The monoisotopic (exact) mass is 659 g/mol. The standard InChI is InChI=1S/C37H69NO3Si3/c1-26(15-14-16-27(2)35(39)40-43(8,9)10)31-17-18-32-34-28(25-42(5,6)7)23-29-24-30(38-41-44(11,12)13)19-21-36(29,3)33(34)20-22-37(31,32)4/h24,26-28,31-34H,14-23,25H2,1-13H3/b38-30+/t26?,27?,28-,31+,32?,33?,34?,36-,37+/m0/s1. The molecule has 0 heterocycles. The first-order valence-electron chi connectivity index (χ1n) is 18.3. The van der Waals surface area contributed by atoms with Gasteiger partial charge in [0.25, 0.3) is 14.3 Å². The molecule has 0 N–H and O–H groups in total. The SMILES string of the molecule is CC(CCCC(C)[C@H]1CCC2C3C(CC[C@@]21C)[C@@]1(C)CC/C(=N\O[Si](C)(C)C)C=C1C[C@H]3C[Si](C)(C)C)C(=O)O[Si](C)(C)C. The third-order valence-corrected chi connectivity index (χ3v) is 15.5. The van der Waals surface area contributed by atoms with E-state index in [1.807, 2.05) is 0 Å². The van der Waals surface area contributed by atoms with Crippen molar-refractivity contribution < 1.29 is 13.7 Å². The number of carbonyl (C=O) groups is 1. The molecule has 7 heteroatoms. The predicted molar refractivity (Wildman–Crippen MR) is 196 cm³/mol. The van der Waals surface area contributed by atoms with Gasteiger partial charge in [-0.25, -0.2) is 0 Å². The van der Waals surface area contributed by atoms with E-state index in [4.69, 9.17) is 14.1 Å². The van der Waals surface area contributed by atoms with Crippen LogP contribution in [0.3, 0.4) is 0 Å². The minimum absolute atomic E-state index is 0.0204. The van der Waals surface area contributed by atoms with E-state index in [9.17, 15) is 4.79 Å². The predicted octanol–water partition coefficient (Wildman–Crippen LogP) is 11.2. The Morgan fingerprint density at radius 3 is 2.23 bits per heavy atom. The maximum absolute atomic E-state index is 12.6. The Labute approximate surface area is 275 Å². The molecule has 0 aliphatic heterocycles. The van der Waals surface area contributed by atoms with Crippen LogP contribution < -0.4 is 0 Å². The molecule has 0 aromatic rings. The van der Waals surface area contributed by atoms with Crippen LogP contribution in [0.1, 0.15) is 91.9 Å². The summed E-state index contributed by atoms with van der Waals surface area (Å²) in [6.07, 6.45) is 15.1. The molecular weight excluding hydrogens is 591 g/mol. The number of hydrogen-bond donors (Lipinski definition) is 0. The minimum atomic E-state index is -1.82. The molecule has 4 nitrogen and oxygen atoms in total. The molecule has 4 aliphatic carbocycles. The number of fused-ring (bicyclic) bond motifs is 5. The fraction of sp³-hybridized carbons (Fsp3) is 0.892. The average Bonchev–Trinajstić information content (AvgIpc) is 3.22. The molecule has 0 radical (unpaired) electrons. The zero-order valence-electron chi connectivity index (χ0n) is 31.1. The molecule has 4 rings (SSSR count). The van der Waals surface area contributed by atoms with E-state index < -0.39 is 24.7 Å². The highest BCUT2D eigenvalue weighted by molar-refractivity contribution is 6.76. The third kappa shape index (κ3) is 8.24. The highest BCUT2D eigenvalue weighted by Crippen LogP contribution is 2.69. The second-order valence-corrected chi connectivity index (χ2v) is 33.8. The number of allylic oxidation sites excluding steroid dienone is 2. The summed E-state index contributed by atoms with van der Waals surface area (Å²) in [4.78, 5) is 12.6. The van der Waals surface area contributed by atoms with E-state index in [2.05, 4.69) is 92.7 Å². The van der Waals surface area contributed by atoms with Crippen molar-refractivity contribution in [3.8, 4) is 0 Å². The lowest BCUT2D eigenvalue weighted by molar-refractivity contribution is -0.139. The Morgan fingerprint density at radius 2 is 1.61 bits per heavy atom. The summed E-state index contributed by atoms with van der Waals surface area (Å²) in [7, 11) is -4.73. The van der Waals surface area contributed by atoms with Crippen LogP contribution in [-0.2, 0) is 13.7 Å². The number of rotatable bonds is 11. The summed E-state index contributed by atoms with van der Waals surface area (Å²) in [6, 6.07) is 1.46. The molecule has 0 spiro atoms. The molecule has 0 bridgehead atoms. The Morgan fingerprint density at radius 1 is 0.932 bits per heavy atom. The number of nitrogens with zero attached hydrogens (tertiary/aromatic N) is 1. The highest BCUT2D eigenvalue weighted by atomic mass is 28.4. The summed E-state index contributed by atoms with van der Waals surface area (Å²) in [5, 5.41) is 4.72. The van der Waals surface area contributed by atoms with Gasteiger partial charge in [0.2, 0.25) is 8.32 Å². The van der Waals surface area contributed by atoms with Crippen molar-refractivity contribution in [1.29, 1.82) is 0 Å². The van der Waals surface area contributed by atoms with Crippen molar-refractivity contribution in [3.05, 3.63) is 11.6 Å². The number of hydrogen-bond acceptors (Lipinski definition) is 4. The molecule has 0 aromatic carbocycles. The Kier molecular flexibility index (Phi) is 10.8. The number of carbonyl (C=O) groups excluding carboxylic acids is 1. The normalized spacial score (nSPS) is 36.5. The van der Waals surface area contributed by atoms with Gasteiger partial charge in [-0.3, -0.25) is 4.79 Å². The van der Waals surface area contributed by atoms with Crippen molar-refractivity contribution in [2.75, 3.05) is 0 Å². The van der Waals surface area contributed by atoms with Gasteiger partial charge in [-0.1, -0.05) is 71.8 Å². The molecule has 4 aliphatic rings. The average molecular weight is 660 g/mol. The lowest BCUT2D eigenvalue weighted by atomic mass is 9.44. The highest BCUT2D eigenvalue weighted by Gasteiger charge is 2.61. The van der Waals surface area contributed by atoms with Crippen LogP contribution in [0.4, 0.5) is 0 Å². The quantitative estimate of drug-likeness (QED) is 0.164. The largest absolute Gasteiger partial charge is 0.520 e. The fourth-order valence-electron chi connectivity index (χ4n) is 10.4. The first-order chi connectivity index (χ1) is 20.1. The van der Waals surface area contributed by atoms with Gasteiger partial charge in [0.15, 0.2) is 0 Å². The van der Waals surface area contributed by atoms with Gasteiger partial charge < -0.3 is 8.95 Å². The molecule has 0 amide bonds. The van der Waals surface area contributed by atoms with Crippen LogP contribution in [0, 0.1) is 52.3 Å². The van der Waals surface area contributed by atoms with Gasteiger partial charge >= 0.3 is 0 Å². The Bertz CT molecular complexity index is 1100. The van der Waals surface area contributed by atoms with Gasteiger partial charge in [-0.05, 0) is 143 Å². The van der Waals surface area contributed by atoms with Gasteiger partial charge in [-0.2, -0.15) is 0 Å². The maximum Gasteiger partial charge on any atom is 0.295 e. The minimum Gasteiger partial charge on any atom is -0.520 e. The van der Waals surface area contributed by atoms with Crippen molar-refractivity contribution in [2.24, 2.45) is 57.4 Å². The summed E-state index contributed by atoms with van der Waals surface area (Å²) in [5.74, 6) is 4.96. The zero-order valence-corrected chi connectivity index (χ0v) is 34.1. The second kappa shape index (κ2) is 13.1. The van der Waals surface area contributed by atoms with E-state index in [-0.39, 0.29) is 11.9 Å². The van der Waals surface area contributed by atoms with Crippen LogP contribution in [0.15, 0.2) is 16.8 Å². The van der Waals surface area contributed by atoms with Crippen molar-refractivity contribution in [1.82, 2.24) is 0 Å². The van der Waals surface area contributed by atoms with Gasteiger partial charge in [-0.15, -0.1) is 5.16 Å². The Hall–Kier alpha value is -0.669. The smallest absolute Gasteiger partial charge is 0.295 e. The second-order valence-electron chi connectivity index (χ2n) is 19.5. The molecule has 44 heavy (non-hydrogen) atoms. The van der Waals surface area contributed by atoms with Crippen LogP contribution in [0.2, 0.25) is 65.0 Å². The van der Waals surface area contributed by atoms with Crippen molar-refractivity contribution in [3.63, 3.8) is 0 Å². The molecule has 0 aromatic heterocycles. The molecular formula is C37H69NO3Si3. The van der Waals surface area contributed by atoms with E-state index in [0.29, 0.717) is 10.8 Å². The van der Waals surface area contributed by atoms with E-state index in [1.54, 1.807) is 5.57 Å². The van der Waals surface area contributed by atoms with Crippen LogP contribution in [0.5, 0.6) is 0 Å². The molecule has 9 atom stereocenters. The van der Waals surface area contributed by atoms with Crippen LogP contribution in [-0.4, -0.2) is 36.4 Å².